The van der Waals surface area contributed by atoms with E-state index in [0.29, 0.717) is 54.5 Å². The molecule has 8 nitrogen and oxygen atoms in total. The Bertz CT molecular complexity index is 1380. The summed E-state index contributed by atoms with van der Waals surface area (Å²) in [4.78, 5) is 29.0. The van der Waals surface area contributed by atoms with Crippen molar-refractivity contribution < 1.29 is 18.0 Å². The Kier molecular flexibility index (Phi) is 7.73. The average molecular weight is 509 g/mol. The Balaban J connectivity index is 1.52. The number of piperidine rings is 1. The first-order valence-electron chi connectivity index (χ1n) is 12.0. The minimum atomic E-state index is -3.82. The molecule has 0 unspecified atom stereocenters. The fourth-order valence-electron chi connectivity index (χ4n) is 4.53. The van der Waals surface area contributed by atoms with Crippen molar-refractivity contribution in [1.29, 1.82) is 0 Å². The van der Waals surface area contributed by atoms with Crippen molar-refractivity contribution in [2.75, 3.05) is 39.0 Å². The minimum Gasteiger partial charge on any atom is -0.341 e. The molecule has 0 atom stereocenters. The molecule has 9 heteroatoms. The van der Waals surface area contributed by atoms with E-state index in [-0.39, 0.29) is 22.8 Å². The van der Waals surface area contributed by atoms with Gasteiger partial charge in [-0.3, -0.25) is 9.59 Å². The number of fused-ring (bicyclic) bond motifs is 1. The highest BCUT2D eigenvalue weighted by atomic mass is 32.2. The van der Waals surface area contributed by atoms with Crippen LogP contribution in [0.15, 0.2) is 65.6 Å². The number of sulfonamides is 1. The molecular formula is C27H32N4O4S. The van der Waals surface area contributed by atoms with Crippen molar-refractivity contribution in [3.8, 4) is 0 Å². The molecule has 2 N–H and O–H groups in total. The van der Waals surface area contributed by atoms with E-state index in [4.69, 9.17) is 0 Å². The molecule has 4 rings (SSSR count). The molecule has 1 heterocycles. The van der Waals surface area contributed by atoms with Gasteiger partial charge < -0.3 is 15.1 Å². The van der Waals surface area contributed by atoms with E-state index in [1.165, 1.54) is 6.07 Å². The summed E-state index contributed by atoms with van der Waals surface area (Å²) < 4.78 is 29.6. The van der Waals surface area contributed by atoms with Crippen LogP contribution in [0.1, 0.15) is 28.8 Å². The Labute approximate surface area is 212 Å². The van der Waals surface area contributed by atoms with Crippen molar-refractivity contribution >= 4 is 38.3 Å². The zero-order valence-electron chi connectivity index (χ0n) is 20.8. The molecule has 1 saturated heterocycles. The second-order valence-electron chi connectivity index (χ2n) is 9.44. The van der Waals surface area contributed by atoms with Crippen LogP contribution in [0, 0.1) is 6.92 Å². The first-order chi connectivity index (χ1) is 17.2. The van der Waals surface area contributed by atoms with Crippen LogP contribution in [0.4, 0.5) is 5.69 Å². The molecule has 190 valence electrons. The van der Waals surface area contributed by atoms with E-state index in [1.807, 2.05) is 50.2 Å². The van der Waals surface area contributed by atoms with Gasteiger partial charge in [0.15, 0.2) is 0 Å². The number of carbonyl (C=O) groups is 2. The van der Waals surface area contributed by atoms with Crippen LogP contribution in [0.5, 0.6) is 0 Å². The van der Waals surface area contributed by atoms with E-state index >= 15 is 0 Å². The highest BCUT2D eigenvalue weighted by Crippen LogP contribution is 2.30. The number of nitrogens with zero attached hydrogens (tertiary/aromatic N) is 2. The SMILES string of the molecule is Cc1ccccc1C(=O)Nc1ccc(S(=O)(=O)NC2CCN(C(=O)CN(C)C)CC2)c2ccccc12. The van der Waals surface area contributed by atoms with E-state index in [2.05, 4.69) is 10.0 Å². The number of benzene rings is 3. The maximum atomic E-state index is 13.4. The normalized spacial score (nSPS) is 14.8. The van der Waals surface area contributed by atoms with Gasteiger partial charge in [-0.05, 0) is 57.6 Å². The number of likely N-dealkylation sites (N-methyl/N-ethyl adjacent to an activating group) is 1. The molecule has 2 amide bonds. The van der Waals surface area contributed by atoms with Gasteiger partial charge in [0, 0.05) is 41.2 Å². The van der Waals surface area contributed by atoms with Crippen molar-refractivity contribution in [2.45, 2.75) is 30.7 Å². The van der Waals surface area contributed by atoms with E-state index < -0.39 is 10.0 Å². The number of hydrogen-bond acceptors (Lipinski definition) is 5. The van der Waals surface area contributed by atoms with E-state index in [9.17, 15) is 18.0 Å². The lowest BCUT2D eigenvalue weighted by Gasteiger charge is -2.33. The largest absolute Gasteiger partial charge is 0.341 e. The summed E-state index contributed by atoms with van der Waals surface area (Å²) in [5.74, 6) is -0.196. The van der Waals surface area contributed by atoms with Gasteiger partial charge in [-0.15, -0.1) is 0 Å². The van der Waals surface area contributed by atoms with Crippen LogP contribution < -0.4 is 10.0 Å². The fraction of sp³-hybridized carbons (Fsp3) is 0.333. The number of nitrogens with one attached hydrogen (secondary N) is 2. The third-order valence-corrected chi connectivity index (χ3v) is 8.01. The fourth-order valence-corrected chi connectivity index (χ4v) is 6.05. The zero-order valence-corrected chi connectivity index (χ0v) is 21.6. The van der Waals surface area contributed by atoms with Gasteiger partial charge in [0.05, 0.1) is 11.4 Å². The quantitative estimate of drug-likeness (QED) is 0.511. The average Bonchev–Trinajstić information content (AvgIpc) is 2.84. The number of aryl methyl sites for hydroxylation is 1. The number of carbonyl (C=O) groups excluding carboxylic acids is 2. The van der Waals surface area contributed by atoms with E-state index in [1.54, 1.807) is 35.2 Å². The zero-order chi connectivity index (χ0) is 25.9. The van der Waals surface area contributed by atoms with Gasteiger partial charge in [0.2, 0.25) is 15.9 Å². The summed E-state index contributed by atoms with van der Waals surface area (Å²) in [5, 5.41) is 4.11. The van der Waals surface area contributed by atoms with Gasteiger partial charge in [-0.1, -0.05) is 42.5 Å². The van der Waals surface area contributed by atoms with Crippen molar-refractivity contribution in [2.24, 2.45) is 0 Å². The summed E-state index contributed by atoms with van der Waals surface area (Å²) in [6, 6.07) is 17.4. The highest BCUT2D eigenvalue weighted by Gasteiger charge is 2.28. The third kappa shape index (κ3) is 5.75. The predicted molar refractivity (Wildman–Crippen MR) is 142 cm³/mol. The molecule has 3 aromatic rings. The van der Waals surface area contributed by atoms with E-state index in [0.717, 1.165) is 5.56 Å². The molecule has 1 aliphatic rings. The Morgan fingerprint density at radius 2 is 1.58 bits per heavy atom. The van der Waals surface area contributed by atoms with Gasteiger partial charge >= 0.3 is 0 Å². The maximum Gasteiger partial charge on any atom is 0.255 e. The van der Waals surface area contributed by atoms with Crippen LogP contribution >= 0.6 is 0 Å². The molecule has 0 radical (unpaired) electrons. The summed E-state index contributed by atoms with van der Waals surface area (Å²) >= 11 is 0. The van der Waals surface area contributed by atoms with Crippen LogP contribution in [-0.2, 0) is 14.8 Å². The monoisotopic (exact) mass is 508 g/mol. The molecule has 36 heavy (non-hydrogen) atoms. The molecule has 3 aromatic carbocycles. The smallest absolute Gasteiger partial charge is 0.255 e. The topological polar surface area (TPSA) is 98.8 Å². The van der Waals surface area contributed by atoms with Crippen molar-refractivity contribution in [3.63, 3.8) is 0 Å². The number of rotatable bonds is 7. The molecule has 0 aromatic heterocycles. The first-order valence-corrected chi connectivity index (χ1v) is 13.5. The summed E-state index contributed by atoms with van der Waals surface area (Å²) in [5.41, 5.74) is 1.97. The summed E-state index contributed by atoms with van der Waals surface area (Å²) in [7, 11) is -0.122. The number of amides is 2. The Hall–Kier alpha value is -3.27. The molecule has 0 bridgehead atoms. The number of likely N-dealkylation sites (tertiary alicyclic amines) is 1. The lowest BCUT2D eigenvalue weighted by atomic mass is 10.1. The molecule has 1 fully saturated rings. The Morgan fingerprint density at radius 3 is 2.25 bits per heavy atom. The molecule has 0 saturated carbocycles. The van der Waals surface area contributed by atoms with Gasteiger partial charge in [-0.25, -0.2) is 13.1 Å². The second-order valence-corrected chi connectivity index (χ2v) is 11.1. The summed E-state index contributed by atoms with van der Waals surface area (Å²) in [6.45, 7) is 3.25. The lowest BCUT2D eigenvalue weighted by molar-refractivity contribution is -0.132. The van der Waals surface area contributed by atoms with Gasteiger partial charge in [0.25, 0.3) is 5.91 Å². The Morgan fingerprint density at radius 1 is 0.944 bits per heavy atom. The minimum absolute atomic E-state index is 0.0515. The highest BCUT2D eigenvalue weighted by molar-refractivity contribution is 7.89. The van der Waals surface area contributed by atoms with Crippen molar-refractivity contribution in [3.05, 3.63) is 71.8 Å². The second kappa shape index (κ2) is 10.8. The molecule has 1 aliphatic heterocycles. The third-order valence-electron chi connectivity index (χ3n) is 6.43. The maximum absolute atomic E-state index is 13.4. The number of anilines is 1. The predicted octanol–water partition coefficient (Wildman–Crippen LogP) is 3.23. The van der Waals surface area contributed by atoms with Crippen LogP contribution in [0.3, 0.4) is 0 Å². The molecule has 0 spiro atoms. The molecular weight excluding hydrogens is 476 g/mol. The standard InChI is InChI=1S/C27H32N4O4S/c1-19-8-4-5-9-21(19)27(33)28-24-12-13-25(23-11-7-6-10-22(23)24)36(34,35)29-20-14-16-31(17-15-20)26(32)18-30(2)3/h4-13,20,29H,14-18H2,1-3H3,(H,28,33). The lowest BCUT2D eigenvalue weighted by Crippen LogP contribution is -2.48. The number of hydrogen-bond donors (Lipinski definition) is 2. The van der Waals surface area contributed by atoms with Crippen molar-refractivity contribution in [1.82, 2.24) is 14.5 Å². The van der Waals surface area contributed by atoms with Crippen LogP contribution in [0.2, 0.25) is 0 Å². The van der Waals surface area contributed by atoms with Gasteiger partial charge in [0.1, 0.15) is 0 Å². The molecule has 0 aliphatic carbocycles. The summed E-state index contributed by atoms with van der Waals surface area (Å²) in [6.07, 6.45) is 1.11. The first kappa shape index (κ1) is 25.8. The van der Waals surface area contributed by atoms with Gasteiger partial charge in [-0.2, -0.15) is 0 Å². The van der Waals surface area contributed by atoms with Crippen LogP contribution in [-0.4, -0.2) is 69.8 Å². The van der Waals surface area contributed by atoms with Crippen LogP contribution in [0.25, 0.3) is 10.8 Å².